The Morgan fingerprint density at radius 3 is 1.77 bits per heavy atom. The van der Waals surface area contributed by atoms with Crippen LogP contribution in [0.5, 0.6) is 0 Å². The molecule has 0 N–H and O–H groups in total. The molecule has 0 spiro atoms. The van der Waals surface area contributed by atoms with Crippen LogP contribution in [0.25, 0.3) is 0 Å². The Balaban J connectivity index is 4.97. The third-order valence-electron chi connectivity index (χ3n) is 5.42. The molecule has 3 atom stereocenters. The van der Waals surface area contributed by atoms with Crippen LogP contribution in [0.3, 0.4) is 0 Å². The Bertz CT molecular complexity index is 409. The maximum absolute atomic E-state index is 12.9. The average molecular weight is 369 g/mol. The second kappa shape index (κ2) is 10.1. The van der Waals surface area contributed by atoms with Gasteiger partial charge < -0.3 is 4.74 Å². The van der Waals surface area contributed by atoms with Crippen LogP contribution in [0.4, 0.5) is 0 Å². The quantitative estimate of drug-likeness (QED) is 0.373. The van der Waals surface area contributed by atoms with Crippen molar-refractivity contribution in [1.29, 1.82) is 0 Å². The second-order valence-electron chi connectivity index (χ2n) is 11.9. The Kier molecular flexibility index (Phi) is 9.93. The lowest BCUT2D eigenvalue weighted by atomic mass is 9.76. The largest absolute Gasteiger partial charge is 0.465 e. The first-order valence-electron chi connectivity index (χ1n) is 10.7. The molecule has 0 aromatic rings. The summed E-state index contributed by atoms with van der Waals surface area (Å²) in [5, 5.41) is 0. The molecule has 2 heteroatoms. The third-order valence-corrected chi connectivity index (χ3v) is 5.42. The van der Waals surface area contributed by atoms with Crippen molar-refractivity contribution in [3.05, 3.63) is 0 Å². The molecular weight excluding hydrogens is 320 g/mol. The van der Waals surface area contributed by atoms with Gasteiger partial charge in [-0.25, -0.2) is 0 Å². The minimum absolute atomic E-state index is 0.0179. The normalized spacial score (nSPS) is 16.9. The SMILES string of the molecule is CCC(C)(C)COC(=O)C(CCC(C)CC(C)(C)C)C(C)CC(C)(C)C. The molecule has 156 valence electrons. The zero-order chi connectivity index (χ0) is 20.8. The van der Waals surface area contributed by atoms with E-state index in [1.165, 1.54) is 6.42 Å². The van der Waals surface area contributed by atoms with Gasteiger partial charge >= 0.3 is 5.97 Å². The smallest absolute Gasteiger partial charge is 0.309 e. The molecule has 3 unspecified atom stereocenters. The summed E-state index contributed by atoms with van der Waals surface area (Å²) in [4.78, 5) is 12.9. The van der Waals surface area contributed by atoms with Gasteiger partial charge in [0.15, 0.2) is 0 Å². The van der Waals surface area contributed by atoms with Crippen LogP contribution in [-0.2, 0) is 9.53 Å². The molecule has 0 radical (unpaired) electrons. The van der Waals surface area contributed by atoms with Gasteiger partial charge in [-0.3, -0.25) is 4.79 Å². The van der Waals surface area contributed by atoms with Gasteiger partial charge in [0.25, 0.3) is 0 Å². The number of hydrogen-bond donors (Lipinski definition) is 0. The van der Waals surface area contributed by atoms with Gasteiger partial charge in [0, 0.05) is 0 Å². The Morgan fingerprint density at radius 2 is 1.35 bits per heavy atom. The highest BCUT2D eigenvalue weighted by atomic mass is 16.5. The van der Waals surface area contributed by atoms with E-state index in [1.807, 2.05) is 0 Å². The maximum atomic E-state index is 12.9. The number of esters is 1. The molecule has 0 rings (SSSR count). The minimum atomic E-state index is 0.0179. The fraction of sp³-hybridized carbons (Fsp3) is 0.958. The Hall–Kier alpha value is -0.530. The summed E-state index contributed by atoms with van der Waals surface area (Å²) in [6.07, 6.45) is 5.32. The number of hydrogen-bond acceptors (Lipinski definition) is 2. The molecular formula is C24H48O2. The van der Waals surface area contributed by atoms with Crippen molar-refractivity contribution < 1.29 is 9.53 Å². The Labute approximate surface area is 164 Å². The summed E-state index contributed by atoms with van der Waals surface area (Å²) in [6, 6.07) is 0. The van der Waals surface area contributed by atoms with E-state index in [0.717, 1.165) is 25.7 Å². The number of carbonyl (C=O) groups is 1. The molecule has 0 fully saturated rings. The van der Waals surface area contributed by atoms with Crippen molar-refractivity contribution in [2.24, 2.45) is 34.0 Å². The second-order valence-corrected chi connectivity index (χ2v) is 11.9. The van der Waals surface area contributed by atoms with Crippen molar-refractivity contribution in [1.82, 2.24) is 0 Å². The van der Waals surface area contributed by atoms with Gasteiger partial charge in [-0.15, -0.1) is 0 Å². The van der Waals surface area contributed by atoms with E-state index in [9.17, 15) is 4.79 Å². The van der Waals surface area contributed by atoms with E-state index < -0.39 is 0 Å². The third kappa shape index (κ3) is 12.0. The predicted octanol–water partition coefficient (Wildman–Crippen LogP) is 7.51. The first-order chi connectivity index (χ1) is 11.6. The molecule has 26 heavy (non-hydrogen) atoms. The summed E-state index contributed by atoms with van der Waals surface area (Å²) in [5.41, 5.74) is 0.641. The monoisotopic (exact) mass is 368 g/mol. The van der Waals surface area contributed by atoms with Gasteiger partial charge in [-0.05, 0) is 60.2 Å². The lowest BCUT2D eigenvalue weighted by Gasteiger charge is -2.31. The maximum Gasteiger partial charge on any atom is 0.309 e. The summed E-state index contributed by atoms with van der Waals surface area (Å²) < 4.78 is 5.79. The minimum Gasteiger partial charge on any atom is -0.465 e. The summed E-state index contributed by atoms with van der Waals surface area (Å²) >= 11 is 0. The molecule has 0 aromatic carbocycles. The van der Waals surface area contributed by atoms with Crippen LogP contribution in [0.15, 0.2) is 0 Å². The molecule has 0 bridgehead atoms. The van der Waals surface area contributed by atoms with Crippen LogP contribution in [0.2, 0.25) is 0 Å². The van der Waals surface area contributed by atoms with Gasteiger partial charge in [-0.1, -0.05) is 76.2 Å². The molecule has 2 nitrogen and oxygen atoms in total. The molecule has 0 aliphatic rings. The van der Waals surface area contributed by atoms with Crippen molar-refractivity contribution >= 4 is 5.97 Å². The van der Waals surface area contributed by atoms with Crippen LogP contribution in [-0.4, -0.2) is 12.6 Å². The number of rotatable bonds is 10. The first kappa shape index (κ1) is 25.5. The van der Waals surface area contributed by atoms with E-state index in [0.29, 0.717) is 23.9 Å². The van der Waals surface area contributed by atoms with Gasteiger partial charge in [0.05, 0.1) is 12.5 Å². The molecule has 0 aliphatic heterocycles. The molecule has 0 aromatic heterocycles. The van der Waals surface area contributed by atoms with E-state index in [2.05, 4.69) is 76.2 Å². The summed E-state index contributed by atoms with van der Waals surface area (Å²) in [5.74, 6) is 1.03. The van der Waals surface area contributed by atoms with Crippen LogP contribution < -0.4 is 0 Å². The summed E-state index contributed by atoms with van der Waals surface area (Å²) in [6.45, 7) is 25.2. The van der Waals surface area contributed by atoms with Crippen LogP contribution in [0, 0.1) is 34.0 Å². The van der Waals surface area contributed by atoms with Crippen LogP contribution >= 0.6 is 0 Å². The van der Waals surface area contributed by atoms with Crippen molar-refractivity contribution in [3.63, 3.8) is 0 Å². The molecule has 0 heterocycles. The standard InChI is InChI=1S/C24H48O2/c1-12-24(10,11)17-26-21(25)20(19(3)16-23(7,8)9)14-13-18(2)15-22(4,5)6/h18-20H,12-17H2,1-11H3. The van der Waals surface area contributed by atoms with E-state index in [4.69, 9.17) is 4.74 Å². The Morgan fingerprint density at radius 1 is 0.846 bits per heavy atom. The average Bonchev–Trinajstić information content (AvgIpc) is 2.41. The van der Waals surface area contributed by atoms with E-state index in [-0.39, 0.29) is 22.7 Å². The van der Waals surface area contributed by atoms with Crippen molar-refractivity contribution in [2.75, 3.05) is 6.61 Å². The van der Waals surface area contributed by atoms with Crippen molar-refractivity contribution in [2.45, 2.75) is 108 Å². The van der Waals surface area contributed by atoms with E-state index >= 15 is 0 Å². The van der Waals surface area contributed by atoms with E-state index in [1.54, 1.807) is 0 Å². The molecule has 0 amide bonds. The zero-order valence-corrected chi connectivity index (χ0v) is 19.8. The molecule has 0 saturated heterocycles. The highest BCUT2D eigenvalue weighted by Gasteiger charge is 2.31. The van der Waals surface area contributed by atoms with Gasteiger partial charge in [0.2, 0.25) is 0 Å². The number of ether oxygens (including phenoxy) is 1. The van der Waals surface area contributed by atoms with Gasteiger partial charge in [0.1, 0.15) is 0 Å². The summed E-state index contributed by atoms with van der Waals surface area (Å²) in [7, 11) is 0. The highest BCUT2D eigenvalue weighted by molar-refractivity contribution is 5.72. The van der Waals surface area contributed by atoms with Crippen molar-refractivity contribution in [3.8, 4) is 0 Å². The predicted molar refractivity (Wildman–Crippen MR) is 114 cm³/mol. The zero-order valence-electron chi connectivity index (χ0n) is 19.8. The lowest BCUT2D eigenvalue weighted by Crippen LogP contribution is -2.30. The van der Waals surface area contributed by atoms with Crippen LogP contribution in [0.1, 0.15) is 108 Å². The van der Waals surface area contributed by atoms with Gasteiger partial charge in [-0.2, -0.15) is 0 Å². The first-order valence-corrected chi connectivity index (χ1v) is 10.7. The number of carbonyl (C=O) groups excluding carboxylic acids is 1. The molecule has 0 aliphatic carbocycles. The topological polar surface area (TPSA) is 26.3 Å². The lowest BCUT2D eigenvalue weighted by molar-refractivity contribution is -0.154. The molecule has 0 saturated carbocycles. The fourth-order valence-electron chi connectivity index (χ4n) is 3.83. The fourth-order valence-corrected chi connectivity index (χ4v) is 3.83. The highest BCUT2D eigenvalue weighted by Crippen LogP contribution is 2.34.